The lowest BCUT2D eigenvalue weighted by Crippen LogP contribution is -2.35. The second kappa shape index (κ2) is 8.34. The number of rotatable bonds is 4. The van der Waals surface area contributed by atoms with Crippen molar-refractivity contribution in [1.29, 1.82) is 0 Å². The Bertz CT molecular complexity index is 485. The summed E-state index contributed by atoms with van der Waals surface area (Å²) in [7, 11) is 0. The van der Waals surface area contributed by atoms with E-state index < -0.39 is 0 Å². The van der Waals surface area contributed by atoms with E-state index in [1.165, 1.54) is 18.5 Å². The number of para-hydroxylation sites is 1. The van der Waals surface area contributed by atoms with Gasteiger partial charge in [0.25, 0.3) is 0 Å². The van der Waals surface area contributed by atoms with Crippen LogP contribution in [0.1, 0.15) is 32.1 Å². The molecule has 2 aliphatic heterocycles. The maximum absolute atomic E-state index is 12.5. The second-order valence-electron chi connectivity index (χ2n) is 6.79. The second-order valence-corrected chi connectivity index (χ2v) is 6.79. The summed E-state index contributed by atoms with van der Waals surface area (Å²) in [5, 5.41) is 3.39. The maximum atomic E-state index is 12.5. The van der Waals surface area contributed by atoms with Crippen molar-refractivity contribution < 1.29 is 4.79 Å². The molecule has 3 rings (SSSR count). The number of piperidine rings is 1. The number of hydrogen-bond acceptors (Lipinski definition) is 3. The zero-order valence-corrected chi connectivity index (χ0v) is 14.0. The number of carbonyl (C=O) groups is 1. The molecule has 0 unspecified atom stereocenters. The molecule has 2 fully saturated rings. The normalized spacial score (nSPS) is 20.3. The van der Waals surface area contributed by atoms with Gasteiger partial charge in [0, 0.05) is 38.3 Å². The third-order valence-corrected chi connectivity index (χ3v) is 5.20. The third kappa shape index (κ3) is 4.71. The minimum Gasteiger partial charge on any atom is -0.370 e. The van der Waals surface area contributed by atoms with E-state index in [2.05, 4.69) is 45.4 Å². The van der Waals surface area contributed by atoms with Gasteiger partial charge < -0.3 is 15.1 Å². The van der Waals surface area contributed by atoms with Crippen LogP contribution in [0.5, 0.6) is 0 Å². The molecule has 1 aromatic rings. The Morgan fingerprint density at radius 3 is 2.61 bits per heavy atom. The number of amides is 1. The van der Waals surface area contributed by atoms with Crippen LogP contribution in [-0.4, -0.2) is 50.1 Å². The minimum absolute atomic E-state index is 0.360. The van der Waals surface area contributed by atoms with Crippen molar-refractivity contribution in [2.75, 3.05) is 44.2 Å². The number of benzene rings is 1. The molecule has 2 aliphatic rings. The minimum atomic E-state index is 0.360. The number of nitrogens with zero attached hydrogens (tertiary/aromatic N) is 2. The average molecular weight is 315 g/mol. The lowest BCUT2D eigenvalue weighted by Gasteiger charge is -2.25. The van der Waals surface area contributed by atoms with Gasteiger partial charge in [0.2, 0.25) is 5.91 Å². The monoisotopic (exact) mass is 315 g/mol. The molecule has 2 saturated heterocycles. The number of nitrogens with one attached hydrogen (secondary N) is 1. The Kier molecular flexibility index (Phi) is 5.92. The SMILES string of the molecule is O=C(CCC1CCNCC1)N1CCCN(c2ccccc2)CC1. The summed E-state index contributed by atoms with van der Waals surface area (Å²) in [5.74, 6) is 1.10. The summed E-state index contributed by atoms with van der Waals surface area (Å²) < 4.78 is 0. The smallest absolute Gasteiger partial charge is 0.222 e. The molecule has 1 aromatic carbocycles. The molecule has 0 aliphatic carbocycles. The van der Waals surface area contributed by atoms with Gasteiger partial charge in [-0.15, -0.1) is 0 Å². The van der Waals surface area contributed by atoms with E-state index in [1.807, 2.05) is 0 Å². The molecule has 126 valence electrons. The Morgan fingerprint density at radius 2 is 1.83 bits per heavy atom. The van der Waals surface area contributed by atoms with Crippen molar-refractivity contribution in [2.24, 2.45) is 5.92 Å². The van der Waals surface area contributed by atoms with E-state index in [4.69, 9.17) is 0 Å². The van der Waals surface area contributed by atoms with Gasteiger partial charge in [0.1, 0.15) is 0 Å². The molecule has 4 heteroatoms. The molecule has 23 heavy (non-hydrogen) atoms. The predicted molar refractivity (Wildman–Crippen MR) is 94.7 cm³/mol. The van der Waals surface area contributed by atoms with Gasteiger partial charge in [-0.05, 0) is 56.8 Å². The number of hydrogen-bond donors (Lipinski definition) is 1. The fraction of sp³-hybridized carbons (Fsp3) is 0.632. The summed E-state index contributed by atoms with van der Waals surface area (Å²) >= 11 is 0. The Morgan fingerprint density at radius 1 is 1.04 bits per heavy atom. The first kappa shape index (κ1) is 16.3. The Balaban J connectivity index is 1.46. The van der Waals surface area contributed by atoms with Gasteiger partial charge in [-0.2, -0.15) is 0 Å². The van der Waals surface area contributed by atoms with Crippen molar-refractivity contribution in [3.8, 4) is 0 Å². The van der Waals surface area contributed by atoms with Crippen LogP contribution in [0.25, 0.3) is 0 Å². The van der Waals surface area contributed by atoms with Crippen LogP contribution in [0, 0.1) is 5.92 Å². The zero-order valence-electron chi connectivity index (χ0n) is 14.0. The van der Waals surface area contributed by atoms with Crippen molar-refractivity contribution >= 4 is 11.6 Å². The summed E-state index contributed by atoms with van der Waals surface area (Å²) in [6.45, 7) is 6.00. The fourth-order valence-electron chi connectivity index (χ4n) is 3.72. The largest absolute Gasteiger partial charge is 0.370 e. The lowest BCUT2D eigenvalue weighted by atomic mass is 9.93. The van der Waals surface area contributed by atoms with Crippen molar-refractivity contribution in [2.45, 2.75) is 32.1 Å². The molecule has 1 amide bonds. The molecule has 0 atom stereocenters. The van der Waals surface area contributed by atoms with Gasteiger partial charge in [-0.3, -0.25) is 4.79 Å². The van der Waals surface area contributed by atoms with Crippen molar-refractivity contribution in [3.63, 3.8) is 0 Å². The Hall–Kier alpha value is -1.55. The highest BCUT2D eigenvalue weighted by atomic mass is 16.2. The van der Waals surface area contributed by atoms with Gasteiger partial charge in [0.15, 0.2) is 0 Å². The van der Waals surface area contributed by atoms with E-state index in [0.29, 0.717) is 5.91 Å². The lowest BCUT2D eigenvalue weighted by molar-refractivity contribution is -0.131. The molecule has 0 spiro atoms. The van der Waals surface area contributed by atoms with Crippen LogP contribution < -0.4 is 10.2 Å². The van der Waals surface area contributed by atoms with E-state index >= 15 is 0 Å². The fourth-order valence-corrected chi connectivity index (χ4v) is 3.72. The molecule has 4 nitrogen and oxygen atoms in total. The summed E-state index contributed by atoms with van der Waals surface area (Å²) in [6.07, 6.45) is 5.33. The molecular formula is C19H29N3O. The van der Waals surface area contributed by atoms with Gasteiger partial charge in [0.05, 0.1) is 0 Å². The van der Waals surface area contributed by atoms with Crippen LogP contribution in [0.15, 0.2) is 30.3 Å². The standard InChI is InChI=1S/C19H29N3O/c23-19(8-7-17-9-11-20-12-10-17)22-14-4-13-21(15-16-22)18-5-2-1-3-6-18/h1-3,5-6,17,20H,4,7-16H2. The highest BCUT2D eigenvalue weighted by molar-refractivity contribution is 5.76. The zero-order chi connectivity index (χ0) is 15.9. The van der Waals surface area contributed by atoms with Gasteiger partial charge in [-0.25, -0.2) is 0 Å². The topological polar surface area (TPSA) is 35.6 Å². The molecule has 2 heterocycles. The maximum Gasteiger partial charge on any atom is 0.222 e. The first-order chi connectivity index (χ1) is 11.3. The van der Waals surface area contributed by atoms with Crippen LogP contribution in [0.4, 0.5) is 5.69 Å². The molecule has 0 aromatic heterocycles. The summed E-state index contributed by atoms with van der Waals surface area (Å²) in [5.41, 5.74) is 1.27. The third-order valence-electron chi connectivity index (χ3n) is 5.20. The molecular weight excluding hydrogens is 286 g/mol. The number of anilines is 1. The quantitative estimate of drug-likeness (QED) is 0.927. The first-order valence-electron chi connectivity index (χ1n) is 9.11. The Labute approximate surface area is 139 Å². The van der Waals surface area contributed by atoms with E-state index in [0.717, 1.165) is 64.4 Å². The summed E-state index contributed by atoms with van der Waals surface area (Å²) in [4.78, 5) is 17.0. The number of carbonyl (C=O) groups excluding carboxylic acids is 1. The first-order valence-corrected chi connectivity index (χ1v) is 9.11. The van der Waals surface area contributed by atoms with Gasteiger partial charge in [-0.1, -0.05) is 18.2 Å². The van der Waals surface area contributed by atoms with E-state index in [9.17, 15) is 4.79 Å². The highest BCUT2D eigenvalue weighted by Gasteiger charge is 2.21. The highest BCUT2D eigenvalue weighted by Crippen LogP contribution is 2.20. The predicted octanol–water partition coefficient (Wildman–Crippen LogP) is 2.51. The average Bonchev–Trinajstić information content (AvgIpc) is 2.87. The van der Waals surface area contributed by atoms with Crippen LogP contribution in [0.3, 0.4) is 0 Å². The molecule has 0 bridgehead atoms. The molecule has 1 N–H and O–H groups in total. The van der Waals surface area contributed by atoms with Crippen LogP contribution >= 0.6 is 0 Å². The van der Waals surface area contributed by atoms with Crippen LogP contribution in [-0.2, 0) is 4.79 Å². The van der Waals surface area contributed by atoms with E-state index in [-0.39, 0.29) is 0 Å². The molecule has 0 saturated carbocycles. The van der Waals surface area contributed by atoms with Crippen molar-refractivity contribution in [1.82, 2.24) is 10.2 Å². The molecule has 0 radical (unpaired) electrons. The van der Waals surface area contributed by atoms with E-state index in [1.54, 1.807) is 0 Å². The summed E-state index contributed by atoms with van der Waals surface area (Å²) in [6, 6.07) is 10.5. The van der Waals surface area contributed by atoms with Crippen LogP contribution in [0.2, 0.25) is 0 Å². The van der Waals surface area contributed by atoms with Gasteiger partial charge >= 0.3 is 0 Å². The van der Waals surface area contributed by atoms with Crippen molar-refractivity contribution in [3.05, 3.63) is 30.3 Å².